The van der Waals surface area contributed by atoms with Crippen LogP contribution in [0.4, 0.5) is 0 Å². The molecule has 0 radical (unpaired) electrons. The van der Waals surface area contributed by atoms with E-state index in [0.29, 0.717) is 17.1 Å². The highest BCUT2D eigenvalue weighted by molar-refractivity contribution is 8.01. The summed E-state index contributed by atoms with van der Waals surface area (Å²) in [6, 6.07) is 0. The Labute approximate surface area is 93.7 Å². The van der Waals surface area contributed by atoms with Crippen LogP contribution in [0, 0.1) is 11.8 Å². The lowest BCUT2D eigenvalue weighted by Crippen LogP contribution is -2.35. The maximum Gasteiger partial charge on any atom is 0.0684 e. The third kappa shape index (κ3) is 5.26. The second-order valence-corrected chi connectivity index (χ2v) is 7.68. The highest BCUT2D eigenvalue weighted by atomic mass is 32.2. The fraction of sp³-hybridized carbons (Fsp3) is 1.00. The van der Waals surface area contributed by atoms with Crippen molar-refractivity contribution < 1.29 is 5.11 Å². The molecule has 0 aromatic carbocycles. The summed E-state index contributed by atoms with van der Waals surface area (Å²) in [7, 11) is 0. The van der Waals surface area contributed by atoms with E-state index in [2.05, 4.69) is 48.5 Å². The van der Waals surface area contributed by atoms with Crippen LogP contribution in [0.2, 0.25) is 0 Å². The molecule has 0 aromatic rings. The number of rotatable bonds is 4. The zero-order valence-electron chi connectivity index (χ0n) is 10.7. The molecule has 0 fully saturated rings. The molecule has 0 rings (SSSR count). The van der Waals surface area contributed by atoms with Crippen LogP contribution in [0.5, 0.6) is 0 Å². The molecule has 2 atom stereocenters. The van der Waals surface area contributed by atoms with E-state index < -0.39 is 0 Å². The van der Waals surface area contributed by atoms with Crippen LogP contribution in [0.3, 0.4) is 0 Å². The van der Waals surface area contributed by atoms with Gasteiger partial charge in [-0.05, 0) is 11.8 Å². The van der Waals surface area contributed by atoms with Crippen LogP contribution in [-0.2, 0) is 0 Å². The van der Waals surface area contributed by atoms with Crippen LogP contribution in [0.1, 0.15) is 48.5 Å². The summed E-state index contributed by atoms with van der Waals surface area (Å²) >= 11 is 1.90. The second kappa shape index (κ2) is 5.41. The van der Waals surface area contributed by atoms with Gasteiger partial charge in [0, 0.05) is 10.00 Å². The van der Waals surface area contributed by atoms with Gasteiger partial charge in [0.15, 0.2) is 0 Å². The van der Waals surface area contributed by atoms with Crippen LogP contribution in [0.15, 0.2) is 0 Å². The zero-order chi connectivity index (χ0) is 11.5. The van der Waals surface area contributed by atoms with Crippen LogP contribution >= 0.6 is 11.8 Å². The van der Waals surface area contributed by atoms with Gasteiger partial charge in [-0.2, -0.15) is 0 Å². The molecule has 1 N–H and O–H groups in total. The summed E-state index contributed by atoms with van der Waals surface area (Å²) < 4.78 is 0.227. The molecule has 0 unspecified atom stereocenters. The molecule has 1 nitrogen and oxygen atoms in total. The molecule has 0 aromatic heterocycles. The van der Waals surface area contributed by atoms with Crippen molar-refractivity contribution in [2.24, 2.45) is 11.8 Å². The normalized spacial score (nSPS) is 17.6. The van der Waals surface area contributed by atoms with E-state index >= 15 is 0 Å². The van der Waals surface area contributed by atoms with E-state index in [4.69, 9.17) is 0 Å². The highest BCUT2D eigenvalue weighted by Crippen LogP contribution is 2.35. The molecule has 0 spiro atoms. The molecule has 0 aliphatic rings. The van der Waals surface area contributed by atoms with Crippen molar-refractivity contribution in [3.63, 3.8) is 0 Å². The zero-order valence-corrected chi connectivity index (χ0v) is 11.5. The Balaban J connectivity index is 4.45. The Morgan fingerprint density at radius 1 is 0.929 bits per heavy atom. The molecule has 0 aliphatic carbocycles. The topological polar surface area (TPSA) is 20.2 Å². The second-order valence-electron chi connectivity index (χ2n) is 5.67. The molecule has 14 heavy (non-hydrogen) atoms. The Morgan fingerprint density at radius 2 is 1.36 bits per heavy atom. The Bertz CT molecular complexity index is 158. The van der Waals surface area contributed by atoms with Crippen molar-refractivity contribution in [3.05, 3.63) is 0 Å². The minimum Gasteiger partial charge on any atom is -0.392 e. The lowest BCUT2D eigenvalue weighted by molar-refractivity contribution is 0.109. The number of aliphatic hydroxyl groups is 1. The first-order valence-electron chi connectivity index (χ1n) is 5.51. The van der Waals surface area contributed by atoms with Crippen LogP contribution in [0.25, 0.3) is 0 Å². The average Bonchev–Trinajstić information content (AvgIpc) is 1.96. The van der Waals surface area contributed by atoms with Crippen molar-refractivity contribution in [1.29, 1.82) is 0 Å². The first kappa shape index (κ1) is 14.3. The van der Waals surface area contributed by atoms with Gasteiger partial charge < -0.3 is 5.11 Å². The van der Waals surface area contributed by atoms with Crippen LogP contribution in [-0.4, -0.2) is 21.2 Å². The van der Waals surface area contributed by atoms with Gasteiger partial charge in [0.2, 0.25) is 0 Å². The molecule has 2 heteroatoms. The van der Waals surface area contributed by atoms with Crippen molar-refractivity contribution in [2.75, 3.05) is 0 Å². The molecule has 0 aliphatic heterocycles. The summed E-state index contributed by atoms with van der Waals surface area (Å²) in [6.45, 7) is 15.2. The summed E-state index contributed by atoms with van der Waals surface area (Å²) in [6.07, 6.45) is -0.195. The van der Waals surface area contributed by atoms with E-state index in [0.717, 1.165) is 0 Å². The van der Waals surface area contributed by atoms with E-state index in [1.165, 1.54) is 0 Å². The Morgan fingerprint density at radius 3 is 1.57 bits per heavy atom. The van der Waals surface area contributed by atoms with E-state index in [1.807, 2.05) is 11.8 Å². The van der Waals surface area contributed by atoms with Crippen molar-refractivity contribution in [3.8, 4) is 0 Å². The number of hydrogen-bond acceptors (Lipinski definition) is 2. The number of hydrogen-bond donors (Lipinski definition) is 1. The third-order valence-corrected chi connectivity index (χ3v) is 3.97. The first-order chi connectivity index (χ1) is 6.15. The largest absolute Gasteiger partial charge is 0.392 e. The van der Waals surface area contributed by atoms with Crippen LogP contribution < -0.4 is 0 Å². The molecule has 0 saturated heterocycles. The van der Waals surface area contributed by atoms with E-state index in [1.54, 1.807) is 0 Å². The molecule has 0 amide bonds. The Kier molecular flexibility index (Phi) is 5.53. The fourth-order valence-electron chi connectivity index (χ4n) is 1.39. The van der Waals surface area contributed by atoms with Gasteiger partial charge in [0.05, 0.1) is 6.10 Å². The third-order valence-electron chi connectivity index (χ3n) is 2.17. The van der Waals surface area contributed by atoms with Gasteiger partial charge in [0.25, 0.3) is 0 Å². The summed E-state index contributed by atoms with van der Waals surface area (Å²) in [5.41, 5.74) is 0. The minimum atomic E-state index is -0.195. The van der Waals surface area contributed by atoms with Gasteiger partial charge >= 0.3 is 0 Å². The van der Waals surface area contributed by atoms with Gasteiger partial charge in [-0.15, -0.1) is 11.8 Å². The smallest absolute Gasteiger partial charge is 0.0684 e. The number of aliphatic hydroxyl groups excluding tert-OH is 1. The maximum absolute atomic E-state index is 10.1. The Hall–Kier alpha value is 0.310. The van der Waals surface area contributed by atoms with Gasteiger partial charge in [-0.1, -0.05) is 48.5 Å². The summed E-state index contributed by atoms with van der Waals surface area (Å²) in [4.78, 5) is 0. The molecule has 86 valence electrons. The molecule has 0 heterocycles. The van der Waals surface area contributed by atoms with E-state index in [9.17, 15) is 5.11 Å². The molecular weight excluding hydrogens is 192 g/mol. The van der Waals surface area contributed by atoms with Crippen molar-refractivity contribution >= 4 is 11.8 Å². The van der Waals surface area contributed by atoms with E-state index in [-0.39, 0.29) is 10.9 Å². The van der Waals surface area contributed by atoms with Crippen molar-refractivity contribution in [1.82, 2.24) is 0 Å². The molecular formula is C12H26OS. The number of thioether (sulfide) groups is 1. The monoisotopic (exact) mass is 218 g/mol. The SMILES string of the molecule is CC(C)[C@@H](O)[C@H](SC(C)(C)C)C(C)C. The summed E-state index contributed by atoms with van der Waals surface area (Å²) in [5.74, 6) is 0.869. The molecule has 0 bridgehead atoms. The maximum atomic E-state index is 10.1. The molecule has 0 saturated carbocycles. The van der Waals surface area contributed by atoms with Crippen molar-refractivity contribution in [2.45, 2.75) is 64.6 Å². The fourth-order valence-corrected chi connectivity index (χ4v) is 2.93. The first-order valence-corrected chi connectivity index (χ1v) is 6.39. The predicted octanol–water partition coefficient (Wildman–Crippen LogP) is 3.56. The van der Waals surface area contributed by atoms with Gasteiger partial charge in [0.1, 0.15) is 0 Å². The minimum absolute atomic E-state index is 0.195. The lowest BCUT2D eigenvalue weighted by Gasteiger charge is -2.33. The predicted molar refractivity (Wildman–Crippen MR) is 66.8 cm³/mol. The lowest BCUT2D eigenvalue weighted by atomic mass is 9.97. The van der Waals surface area contributed by atoms with Gasteiger partial charge in [-0.3, -0.25) is 0 Å². The summed E-state index contributed by atoms with van der Waals surface area (Å²) in [5, 5.41) is 10.4. The quantitative estimate of drug-likeness (QED) is 0.778. The highest BCUT2D eigenvalue weighted by Gasteiger charge is 2.29. The standard InChI is InChI=1S/C12H26OS/c1-8(2)10(13)11(9(3)4)14-12(5,6)7/h8-11,13H,1-7H3/t10-,11-/m1/s1. The van der Waals surface area contributed by atoms with Gasteiger partial charge in [-0.25, -0.2) is 0 Å². The average molecular weight is 218 g/mol.